The van der Waals surface area contributed by atoms with Gasteiger partial charge in [-0.3, -0.25) is 13.9 Å². The molecule has 4 rings (SSSR count). The molecule has 0 saturated carbocycles. The zero-order valence-electron chi connectivity index (χ0n) is 19.9. The van der Waals surface area contributed by atoms with Crippen molar-refractivity contribution >= 4 is 23.5 Å². The predicted molar refractivity (Wildman–Crippen MR) is 131 cm³/mol. The Labute approximate surface area is 206 Å². The molecule has 0 spiro atoms. The SMILES string of the molecule is Cc1c(C#N)c(NC(=O)CSc2nnc(C(C)C)n2Cc2ccco2)n(-c2cccc(F)c2)c1C. The third-order valence-corrected chi connectivity index (χ3v) is 6.60. The van der Waals surface area contributed by atoms with Crippen molar-refractivity contribution in [2.45, 2.75) is 45.3 Å². The Balaban J connectivity index is 1.58. The van der Waals surface area contributed by atoms with Crippen molar-refractivity contribution in [3.8, 4) is 11.8 Å². The minimum absolute atomic E-state index is 0.0473. The van der Waals surface area contributed by atoms with E-state index in [1.165, 1.54) is 23.9 Å². The van der Waals surface area contributed by atoms with Crippen LogP contribution < -0.4 is 5.32 Å². The number of carbonyl (C=O) groups is 1. The molecule has 180 valence electrons. The van der Waals surface area contributed by atoms with Crippen molar-refractivity contribution in [1.82, 2.24) is 19.3 Å². The van der Waals surface area contributed by atoms with Crippen LogP contribution in [0.5, 0.6) is 0 Å². The standard InChI is InChI=1S/C25H25FN6O2S/c1-15(2)23-29-30-25(31(23)13-20-9-6-10-34-20)35-14-22(33)28-24-21(12-27)16(3)17(4)32(24)19-8-5-7-18(26)11-19/h5-11,15H,13-14H2,1-4H3,(H,28,33). The zero-order valence-corrected chi connectivity index (χ0v) is 20.7. The molecule has 4 aromatic rings. The highest BCUT2D eigenvalue weighted by molar-refractivity contribution is 7.99. The zero-order chi connectivity index (χ0) is 25.1. The summed E-state index contributed by atoms with van der Waals surface area (Å²) in [6, 6.07) is 11.9. The maximum atomic E-state index is 13.9. The topological polar surface area (TPSA) is 102 Å². The monoisotopic (exact) mass is 492 g/mol. The van der Waals surface area contributed by atoms with Gasteiger partial charge in [-0.05, 0) is 49.7 Å². The normalized spacial score (nSPS) is 11.1. The fourth-order valence-electron chi connectivity index (χ4n) is 3.84. The molecule has 0 aliphatic heterocycles. The van der Waals surface area contributed by atoms with E-state index in [2.05, 4.69) is 21.6 Å². The van der Waals surface area contributed by atoms with E-state index in [-0.39, 0.29) is 17.6 Å². The van der Waals surface area contributed by atoms with Gasteiger partial charge in [-0.2, -0.15) is 5.26 Å². The Morgan fingerprint density at radius 3 is 2.71 bits per heavy atom. The van der Waals surface area contributed by atoms with Gasteiger partial charge in [0, 0.05) is 11.6 Å². The first kappa shape index (κ1) is 24.3. The summed E-state index contributed by atoms with van der Waals surface area (Å²) in [5, 5.41) is 21.8. The molecule has 1 amide bonds. The first-order valence-electron chi connectivity index (χ1n) is 11.1. The number of hydrogen-bond acceptors (Lipinski definition) is 6. The molecule has 1 N–H and O–H groups in total. The summed E-state index contributed by atoms with van der Waals surface area (Å²) in [5.74, 6) is 1.33. The second-order valence-electron chi connectivity index (χ2n) is 8.36. The Morgan fingerprint density at radius 2 is 2.06 bits per heavy atom. The average molecular weight is 493 g/mol. The highest BCUT2D eigenvalue weighted by Crippen LogP contribution is 2.31. The van der Waals surface area contributed by atoms with Gasteiger partial charge < -0.3 is 9.73 Å². The van der Waals surface area contributed by atoms with E-state index in [0.717, 1.165) is 22.8 Å². The Bertz CT molecular complexity index is 1400. The summed E-state index contributed by atoms with van der Waals surface area (Å²) < 4.78 is 23.0. The number of carbonyl (C=O) groups excluding carboxylic acids is 1. The Kier molecular flexibility index (Phi) is 7.07. The van der Waals surface area contributed by atoms with Gasteiger partial charge >= 0.3 is 0 Å². The number of aromatic nitrogens is 4. The van der Waals surface area contributed by atoms with Gasteiger partial charge in [-0.25, -0.2) is 4.39 Å². The van der Waals surface area contributed by atoms with Crippen molar-refractivity contribution in [3.63, 3.8) is 0 Å². The van der Waals surface area contributed by atoms with Crippen molar-refractivity contribution in [2.75, 3.05) is 11.1 Å². The number of rotatable bonds is 8. The van der Waals surface area contributed by atoms with Gasteiger partial charge in [0.15, 0.2) is 5.16 Å². The third-order valence-electron chi connectivity index (χ3n) is 5.64. The van der Waals surface area contributed by atoms with E-state index < -0.39 is 5.82 Å². The summed E-state index contributed by atoms with van der Waals surface area (Å²) in [4.78, 5) is 13.0. The number of nitrogens with one attached hydrogen (secondary N) is 1. The fraction of sp³-hybridized carbons (Fsp3) is 0.280. The summed E-state index contributed by atoms with van der Waals surface area (Å²) in [7, 11) is 0. The maximum Gasteiger partial charge on any atom is 0.236 e. The molecule has 35 heavy (non-hydrogen) atoms. The third kappa shape index (κ3) is 5.00. The molecule has 0 aliphatic rings. The molecular weight excluding hydrogens is 467 g/mol. The number of anilines is 1. The molecule has 3 heterocycles. The van der Waals surface area contributed by atoms with Gasteiger partial charge in [0.25, 0.3) is 0 Å². The number of furan rings is 1. The molecular formula is C25H25FN6O2S. The van der Waals surface area contributed by atoms with E-state index in [0.29, 0.717) is 28.8 Å². The van der Waals surface area contributed by atoms with Gasteiger partial charge in [0.05, 0.1) is 29.8 Å². The minimum Gasteiger partial charge on any atom is -0.467 e. The summed E-state index contributed by atoms with van der Waals surface area (Å²) >= 11 is 1.25. The lowest BCUT2D eigenvalue weighted by Gasteiger charge is -2.14. The van der Waals surface area contributed by atoms with Crippen LogP contribution in [-0.2, 0) is 11.3 Å². The molecule has 8 nitrogen and oxygen atoms in total. The minimum atomic E-state index is -0.406. The lowest BCUT2D eigenvalue weighted by atomic mass is 10.2. The number of thioether (sulfide) groups is 1. The fourth-order valence-corrected chi connectivity index (χ4v) is 4.58. The van der Waals surface area contributed by atoms with Gasteiger partial charge in [-0.15, -0.1) is 10.2 Å². The van der Waals surface area contributed by atoms with Crippen molar-refractivity contribution in [3.05, 3.63) is 76.9 Å². The van der Waals surface area contributed by atoms with Crippen molar-refractivity contribution < 1.29 is 13.6 Å². The van der Waals surface area contributed by atoms with Crippen molar-refractivity contribution in [1.29, 1.82) is 5.26 Å². The predicted octanol–water partition coefficient (Wildman–Crippen LogP) is 5.19. The second kappa shape index (κ2) is 10.2. The highest BCUT2D eigenvalue weighted by atomic mass is 32.2. The first-order valence-corrected chi connectivity index (χ1v) is 12.0. The Hall–Kier alpha value is -3.84. The van der Waals surface area contributed by atoms with E-state index in [1.54, 1.807) is 29.9 Å². The van der Waals surface area contributed by atoms with Crippen LogP contribution in [0.15, 0.2) is 52.2 Å². The lowest BCUT2D eigenvalue weighted by Crippen LogP contribution is -2.18. The van der Waals surface area contributed by atoms with Crippen LogP contribution in [-0.4, -0.2) is 31.0 Å². The lowest BCUT2D eigenvalue weighted by molar-refractivity contribution is -0.113. The summed E-state index contributed by atoms with van der Waals surface area (Å²) in [6.45, 7) is 8.14. The number of benzene rings is 1. The average Bonchev–Trinajstić information content (AvgIpc) is 3.53. The molecule has 0 bridgehead atoms. The molecule has 0 fully saturated rings. The van der Waals surface area contributed by atoms with Crippen LogP contribution in [0.25, 0.3) is 5.69 Å². The first-order chi connectivity index (χ1) is 16.8. The molecule has 0 saturated heterocycles. The van der Waals surface area contributed by atoms with E-state index in [1.807, 2.05) is 37.5 Å². The summed E-state index contributed by atoms with van der Waals surface area (Å²) in [6.07, 6.45) is 1.61. The smallest absolute Gasteiger partial charge is 0.236 e. The van der Waals surface area contributed by atoms with E-state index >= 15 is 0 Å². The van der Waals surface area contributed by atoms with E-state index in [9.17, 15) is 14.4 Å². The van der Waals surface area contributed by atoms with Crippen molar-refractivity contribution in [2.24, 2.45) is 0 Å². The van der Waals surface area contributed by atoms with Gasteiger partial charge in [0.2, 0.25) is 5.91 Å². The summed E-state index contributed by atoms with van der Waals surface area (Å²) in [5.41, 5.74) is 2.33. The Morgan fingerprint density at radius 1 is 1.26 bits per heavy atom. The second-order valence-corrected chi connectivity index (χ2v) is 9.30. The number of nitrogens with zero attached hydrogens (tertiary/aromatic N) is 5. The molecule has 10 heteroatoms. The number of halogens is 1. The van der Waals surface area contributed by atoms with Crippen LogP contribution >= 0.6 is 11.8 Å². The number of nitriles is 1. The number of amides is 1. The molecule has 0 unspecified atom stereocenters. The van der Waals surface area contributed by atoms with Crippen LogP contribution in [0.4, 0.5) is 10.2 Å². The molecule has 0 atom stereocenters. The van der Waals surface area contributed by atoms with Crippen LogP contribution in [0.2, 0.25) is 0 Å². The molecule has 0 aliphatic carbocycles. The quantitative estimate of drug-likeness (QED) is 0.340. The van der Waals surface area contributed by atoms with Gasteiger partial charge in [-0.1, -0.05) is 31.7 Å². The van der Waals surface area contributed by atoms with Crippen LogP contribution in [0.1, 0.15) is 48.2 Å². The largest absolute Gasteiger partial charge is 0.467 e. The van der Waals surface area contributed by atoms with Gasteiger partial charge in [0.1, 0.15) is 29.3 Å². The highest BCUT2D eigenvalue weighted by Gasteiger charge is 2.22. The van der Waals surface area contributed by atoms with Crippen LogP contribution in [0, 0.1) is 31.0 Å². The maximum absolute atomic E-state index is 13.9. The van der Waals surface area contributed by atoms with Crippen LogP contribution in [0.3, 0.4) is 0 Å². The molecule has 1 aromatic carbocycles. The number of hydrogen-bond donors (Lipinski definition) is 1. The molecule has 0 radical (unpaired) electrons. The van der Waals surface area contributed by atoms with E-state index in [4.69, 9.17) is 4.42 Å². The molecule has 3 aromatic heterocycles.